The number of benzene rings is 2. The molecule has 1 unspecified atom stereocenters. The summed E-state index contributed by atoms with van der Waals surface area (Å²) in [7, 11) is 0. The minimum Gasteiger partial charge on any atom is -0.494 e. The molecule has 0 spiro atoms. The molecule has 3 rings (SSSR count). The Balaban J connectivity index is 1.91. The molecule has 4 heteroatoms. The highest BCUT2D eigenvalue weighted by Crippen LogP contribution is 2.46. The van der Waals surface area contributed by atoms with E-state index in [1.54, 1.807) is 0 Å². The number of hydrogen-bond acceptors (Lipinski definition) is 2. The topological polar surface area (TPSA) is 58.6 Å². The Morgan fingerprint density at radius 1 is 1.24 bits per heavy atom. The Bertz CT molecular complexity index is 782. The number of rotatable bonds is 5. The lowest BCUT2D eigenvalue weighted by atomic mass is 9.85. The number of amides is 1. The molecule has 0 aromatic heterocycles. The summed E-state index contributed by atoms with van der Waals surface area (Å²) in [4.78, 5) is 11.1. The normalized spacial score (nSPS) is 17.8. The van der Waals surface area contributed by atoms with Crippen molar-refractivity contribution in [2.45, 2.75) is 39.7 Å². The zero-order valence-electron chi connectivity index (χ0n) is 15.0. The van der Waals surface area contributed by atoms with Crippen molar-refractivity contribution in [1.29, 1.82) is 0 Å². The predicted molar refractivity (Wildman–Crippen MR) is 99.1 cm³/mol. The van der Waals surface area contributed by atoms with Gasteiger partial charge < -0.3 is 15.2 Å². The first-order valence-electron chi connectivity index (χ1n) is 8.76. The number of carbonyl (C=O) groups is 1. The van der Waals surface area contributed by atoms with Crippen LogP contribution >= 0.6 is 0 Å². The summed E-state index contributed by atoms with van der Waals surface area (Å²) in [6.45, 7) is 7.01. The quantitative estimate of drug-likeness (QED) is 0.803. The van der Waals surface area contributed by atoms with Crippen molar-refractivity contribution in [2.75, 3.05) is 6.61 Å². The molecule has 1 amide bonds. The molecule has 1 aliphatic rings. The highest BCUT2D eigenvalue weighted by molar-refractivity contribution is 5.69. The second kappa shape index (κ2) is 6.79. The minimum absolute atomic E-state index is 0.134. The van der Waals surface area contributed by atoms with Gasteiger partial charge in [-0.05, 0) is 52.6 Å². The molecule has 2 aromatic rings. The van der Waals surface area contributed by atoms with Gasteiger partial charge in [-0.2, -0.15) is 0 Å². The molecular weight excluding hydrogens is 314 g/mol. The second-order valence-electron chi connectivity index (χ2n) is 7.34. The molecule has 0 saturated carbocycles. The van der Waals surface area contributed by atoms with Gasteiger partial charge in [-0.15, -0.1) is 0 Å². The highest BCUT2D eigenvalue weighted by atomic mass is 16.5. The maximum atomic E-state index is 11.1. The van der Waals surface area contributed by atoms with Gasteiger partial charge in [-0.1, -0.05) is 51.1 Å². The SMILES string of the molecule is CCCOc1cccc(-c2ccc3c(c2)CC(C)(C)C3NC(=O)O)c1. The fourth-order valence-corrected chi connectivity index (χ4v) is 3.62. The van der Waals surface area contributed by atoms with Crippen molar-refractivity contribution in [3.8, 4) is 16.9 Å². The number of hydrogen-bond donors (Lipinski definition) is 2. The van der Waals surface area contributed by atoms with E-state index in [0.717, 1.165) is 35.3 Å². The van der Waals surface area contributed by atoms with E-state index in [0.29, 0.717) is 6.61 Å². The van der Waals surface area contributed by atoms with Gasteiger partial charge in [-0.25, -0.2) is 4.79 Å². The molecule has 0 heterocycles. The molecule has 2 aromatic carbocycles. The second-order valence-corrected chi connectivity index (χ2v) is 7.34. The fraction of sp³-hybridized carbons (Fsp3) is 0.381. The van der Waals surface area contributed by atoms with Crippen LogP contribution in [0.5, 0.6) is 5.75 Å². The van der Waals surface area contributed by atoms with Crippen LogP contribution in [0.15, 0.2) is 42.5 Å². The maximum absolute atomic E-state index is 11.1. The Labute approximate surface area is 148 Å². The lowest BCUT2D eigenvalue weighted by Gasteiger charge is -2.27. The van der Waals surface area contributed by atoms with Crippen LogP contribution in [-0.4, -0.2) is 17.8 Å². The summed E-state index contributed by atoms with van der Waals surface area (Å²) in [6.07, 6.45) is 0.860. The van der Waals surface area contributed by atoms with E-state index in [1.807, 2.05) is 12.1 Å². The van der Waals surface area contributed by atoms with Crippen molar-refractivity contribution in [2.24, 2.45) is 5.41 Å². The Morgan fingerprint density at radius 2 is 2.00 bits per heavy atom. The number of nitrogens with one attached hydrogen (secondary N) is 1. The largest absolute Gasteiger partial charge is 0.494 e. The van der Waals surface area contributed by atoms with Gasteiger partial charge in [0.2, 0.25) is 0 Å². The first-order valence-corrected chi connectivity index (χ1v) is 8.76. The molecule has 4 nitrogen and oxygen atoms in total. The standard InChI is InChI=1S/C21H25NO3/c1-4-10-25-17-7-5-6-14(12-17)15-8-9-18-16(11-15)13-21(2,3)19(18)22-20(23)24/h5-9,11-12,19,22H,4,10,13H2,1-3H3,(H,23,24). The zero-order valence-corrected chi connectivity index (χ0v) is 15.0. The molecule has 0 bridgehead atoms. The van der Waals surface area contributed by atoms with Crippen molar-refractivity contribution < 1.29 is 14.6 Å². The summed E-state index contributed by atoms with van der Waals surface area (Å²) < 4.78 is 5.73. The number of carboxylic acid groups (broad SMARTS) is 1. The molecule has 1 atom stereocenters. The third-order valence-corrected chi connectivity index (χ3v) is 4.79. The average molecular weight is 339 g/mol. The van der Waals surface area contributed by atoms with E-state index in [2.05, 4.69) is 56.4 Å². The average Bonchev–Trinajstić information content (AvgIpc) is 2.82. The van der Waals surface area contributed by atoms with Crippen molar-refractivity contribution in [1.82, 2.24) is 5.32 Å². The van der Waals surface area contributed by atoms with Gasteiger partial charge in [0.15, 0.2) is 0 Å². The maximum Gasteiger partial charge on any atom is 0.405 e. The Morgan fingerprint density at radius 3 is 2.72 bits per heavy atom. The van der Waals surface area contributed by atoms with Crippen LogP contribution in [0.2, 0.25) is 0 Å². The van der Waals surface area contributed by atoms with Crippen molar-refractivity contribution in [3.63, 3.8) is 0 Å². The van der Waals surface area contributed by atoms with E-state index >= 15 is 0 Å². The van der Waals surface area contributed by atoms with Gasteiger partial charge in [0.25, 0.3) is 0 Å². The van der Waals surface area contributed by atoms with Crippen LogP contribution in [0.3, 0.4) is 0 Å². The summed E-state index contributed by atoms with van der Waals surface area (Å²) in [5, 5.41) is 11.8. The Kier molecular flexibility index (Phi) is 4.71. The van der Waals surface area contributed by atoms with Crippen molar-refractivity contribution in [3.05, 3.63) is 53.6 Å². The molecular formula is C21H25NO3. The molecule has 25 heavy (non-hydrogen) atoms. The minimum atomic E-state index is -0.976. The van der Waals surface area contributed by atoms with Gasteiger partial charge >= 0.3 is 6.09 Å². The van der Waals surface area contributed by atoms with Gasteiger partial charge in [0, 0.05) is 0 Å². The van der Waals surface area contributed by atoms with Crippen molar-refractivity contribution >= 4 is 6.09 Å². The van der Waals surface area contributed by atoms with Crippen LogP contribution in [0, 0.1) is 5.41 Å². The zero-order chi connectivity index (χ0) is 18.0. The first kappa shape index (κ1) is 17.3. The van der Waals surface area contributed by atoms with Gasteiger partial charge in [-0.3, -0.25) is 0 Å². The number of fused-ring (bicyclic) bond motifs is 1. The molecule has 0 radical (unpaired) electrons. The van der Waals surface area contributed by atoms with Crippen LogP contribution in [0.4, 0.5) is 4.79 Å². The highest BCUT2D eigenvalue weighted by Gasteiger charge is 2.39. The van der Waals surface area contributed by atoms with E-state index < -0.39 is 6.09 Å². The Hall–Kier alpha value is -2.49. The number of ether oxygens (including phenoxy) is 1. The molecule has 2 N–H and O–H groups in total. The summed E-state index contributed by atoms with van der Waals surface area (Å²) in [5.74, 6) is 0.880. The molecule has 132 valence electrons. The molecule has 1 aliphatic carbocycles. The molecule has 0 aliphatic heterocycles. The summed E-state index contributed by atoms with van der Waals surface area (Å²) >= 11 is 0. The summed E-state index contributed by atoms with van der Waals surface area (Å²) in [6, 6.07) is 14.2. The predicted octanol–water partition coefficient (Wildman–Crippen LogP) is 5.03. The van der Waals surface area contributed by atoms with Gasteiger partial charge in [0.1, 0.15) is 5.75 Å². The molecule has 0 fully saturated rings. The van der Waals surface area contributed by atoms with Gasteiger partial charge in [0.05, 0.1) is 12.6 Å². The van der Waals surface area contributed by atoms with E-state index in [9.17, 15) is 4.79 Å². The lowest BCUT2D eigenvalue weighted by Crippen LogP contribution is -2.34. The smallest absolute Gasteiger partial charge is 0.405 e. The summed E-state index contributed by atoms with van der Waals surface area (Å²) in [5.41, 5.74) is 4.40. The lowest BCUT2D eigenvalue weighted by molar-refractivity contribution is 0.175. The van der Waals surface area contributed by atoms with Crippen LogP contribution in [0.1, 0.15) is 44.4 Å². The van der Waals surface area contributed by atoms with Crippen LogP contribution in [0.25, 0.3) is 11.1 Å². The van der Waals surface area contributed by atoms with Crippen LogP contribution in [-0.2, 0) is 6.42 Å². The van der Waals surface area contributed by atoms with Crippen LogP contribution < -0.4 is 10.1 Å². The molecule has 0 saturated heterocycles. The third kappa shape index (κ3) is 3.63. The monoisotopic (exact) mass is 339 g/mol. The van der Waals surface area contributed by atoms with E-state index in [1.165, 1.54) is 5.56 Å². The third-order valence-electron chi connectivity index (χ3n) is 4.79. The van der Waals surface area contributed by atoms with E-state index in [-0.39, 0.29) is 11.5 Å². The fourth-order valence-electron chi connectivity index (χ4n) is 3.62. The van der Waals surface area contributed by atoms with E-state index in [4.69, 9.17) is 9.84 Å². The first-order chi connectivity index (χ1) is 11.9.